The van der Waals surface area contributed by atoms with Crippen molar-refractivity contribution in [2.45, 2.75) is 13.1 Å². The Morgan fingerprint density at radius 3 is 2.94 bits per heavy atom. The van der Waals surface area contributed by atoms with Crippen LogP contribution in [0, 0.1) is 10.1 Å². The number of aromatic nitrogens is 2. The molecule has 0 aliphatic carbocycles. The van der Waals surface area contributed by atoms with Crippen molar-refractivity contribution in [3.05, 3.63) is 46.0 Å². The number of aryl methyl sites for hydroxylation is 1. The van der Waals surface area contributed by atoms with E-state index in [0.717, 1.165) is 5.56 Å². The predicted octanol–water partition coefficient (Wildman–Crippen LogP) is 1.21. The van der Waals surface area contributed by atoms with Crippen molar-refractivity contribution in [2.24, 2.45) is 7.05 Å². The van der Waals surface area contributed by atoms with Crippen molar-refractivity contribution in [3.8, 4) is 0 Å². The number of nitro groups is 1. The molecule has 0 radical (unpaired) electrons. The minimum atomic E-state index is -0.551. The molecule has 0 atom stereocenters. The first-order chi connectivity index (χ1) is 8.15. The predicted molar refractivity (Wildman–Crippen MR) is 59.1 cm³/mol. The Bertz CT molecular complexity index is 517. The second-order valence-corrected chi connectivity index (χ2v) is 3.62. The lowest BCUT2D eigenvalue weighted by Crippen LogP contribution is -2.11. The van der Waals surface area contributed by atoms with Crippen molar-refractivity contribution in [1.82, 2.24) is 15.1 Å². The van der Waals surface area contributed by atoms with Gasteiger partial charge in [0, 0.05) is 25.4 Å². The molecule has 2 heterocycles. The summed E-state index contributed by atoms with van der Waals surface area (Å²) in [7, 11) is 1.85. The molecule has 0 aliphatic heterocycles. The number of hydrogen-bond donors (Lipinski definition) is 1. The average Bonchev–Trinajstić information content (AvgIpc) is 2.88. The zero-order valence-electron chi connectivity index (χ0n) is 9.29. The fraction of sp³-hybridized carbons (Fsp3) is 0.300. The van der Waals surface area contributed by atoms with Crippen LogP contribution >= 0.6 is 0 Å². The number of nitrogens with zero attached hydrogens (tertiary/aromatic N) is 3. The Balaban J connectivity index is 1.83. The summed E-state index contributed by atoms with van der Waals surface area (Å²) in [6, 6.07) is 2.94. The normalized spacial score (nSPS) is 10.6. The second kappa shape index (κ2) is 4.79. The molecule has 0 aliphatic rings. The molecule has 0 aromatic carbocycles. The van der Waals surface area contributed by atoms with Crippen molar-refractivity contribution in [3.63, 3.8) is 0 Å². The first-order valence-corrected chi connectivity index (χ1v) is 5.06. The molecule has 0 amide bonds. The maximum atomic E-state index is 10.4. The monoisotopic (exact) mass is 236 g/mol. The SMILES string of the molecule is Cn1cc(CNCc2ccc([N+](=O)[O-])o2)cn1. The van der Waals surface area contributed by atoms with E-state index in [0.29, 0.717) is 18.8 Å². The van der Waals surface area contributed by atoms with Crippen LogP contribution in [0.3, 0.4) is 0 Å². The molecule has 2 aromatic heterocycles. The summed E-state index contributed by atoms with van der Waals surface area (Å²) in [5.74, 6) is 0.309. The molecule has 2 rings (SSSR count). The smallest absolute Gasteiger partial charge is 0.404 e. The van der Waals surface area contributed by atoms with E-state index in [1.54, 1.807) is 16.9 Å². The summed E-state index contributed by atoms with van der Waals surface area (Å²) in [6.07, 6.45) is 3.66. The highest BCUT2D eigenvalue weighted by Crippen LogP contribution is 2.15. The molecule has 0 fully saturated rings. The van der Waals surface area contributed by atoms with Gasteiger partial charge in [0.2, 0.25) is 0 Å². The van der Waals surface area contributed by atoms with E-state index in [1.807, 2.05) is 13.2 Å². The molecule has 0 spiro atoms. The van der Waals surface area contributed by atoms with Crippen molar-refractivity contribution in [1.29, 1.82) is 0 Å². The first-order valence-electron chi connectivity index (χ1n) is 5.06. The maximum absolute atomic E-state index is 10.4. The van der Waals surface area contributed by atoms with E-state index in [9.17, 15) is 10.1 Å². The van der Waals surface area contributed by atoms with Gasteiger partial charge in [-0.2, -0.15) is 5.10 Å². The first kappa shape index (κ1) is 11.3. The van der Waals surface area contributed by atoms with Gasteiger partial charge in [0.05, 0.1) is 18.8 Å². The van der Waals surface area contributed by atoms with Crippen molar-refractivity contribution < 1.29 is 9.34 Å². The fourth-order valence-electron chi connectivity index (χ4n) is 1.45. The highest BCUT2D eigenvalue weighted by Gasteiger charge is 2.11. The lowest BCUT2D eigenvalue weighted by atomic mass is 10.3. The number of furan rings is 1. The van der Waals surface area contributed by atoms with Gasteiger partial charge in [-0.15, -0.1) is 0 Å². The largest absolute Gasteiger partial charge is 0.433 e. The zero-order chi connectivity index (χ0) is 12.3. The number of nitrogens with one attached hydrogen (secondary N) is 1. The van der Waals surface area contributed by atoms with Gasteiger partial charge in [-0.25, -0.2) is 0 Å². The molecule has 0 bridgehead atoms. The Kier molecular flexibility index (Phi) is 3.20. The zero-order valence-corrected chi connectivity index (χ0v) is 9.29. The van der Waals surface area contributed by atoms with Gasteiger partial charge in [-0.3, -0.25) is 14.8 Å². The standard InChI is InChI=1S/C10H12N4O3/c1-13-7-8(5-12-13)4-11-6-9-2-3-10(17-9)14(15)16/h2-3,5,7,11H,4,6H2,1H3. The summed E-state index contributed by atoms with van der Waals surface area (Å²) < 4.78 is 6.72. The maximum Gasteiger partial charge on any atom is 0.433 e. The summed E-state index contributed by atoms with van der Waals surface area (Å²) in [5.41, 5.74) is 1.05. The van der Waals surface area contributed by atoms with Gasteiger partial charge in [-0.05, 0) is 6.07 Å². The molecule has 7 nitrogen and oxygen atoms in total. The van der Waals surface area contributed by atoms with Gasteiger partial charge in [-0.1, -0.05) is 0 Å². The van der Waals surface area contributed by atoms with Crippen LogP contribution in [0.5, 0.6) is 0 Å². The van der Waals surface area contributed by atoms with E-state index in [1.165, 1.54) is 6.07 Å². The van der Waals surface area contributed by atoms with Crippen molar-refractivity contribution >= 4 is 5.88 Å². The highest BCUT2D eigenvalue weighted by atomic mass is 16.6. The topological polar surface area (TPSA) is 86.1 Å². The molecule has 7 heteroatoms. The van der Waals surface area contributed by atoms with Gasteiger partial charge in [0.25, 0.3) is 0 Å². The molecular formula is C10H12N4O3. The van der Waals surface area contributed by atoms with Gasteiger partial charge in [0.1, 0.15) is 10.7 Å². The minimum Gasteiger partial charge on any atom is -0.404 e. The van der Waals surface area contributed by atoms with Gasteiger partial charge in [0.15, 0.2) is 0 Å². The Labute approximate surface area is 97.2 Å². The van der Waals surface area contributed by atoms with Crippen LogP contribution in [0.2, 0.25) is 0 Å². The van der Waals surface area contributed by atoms with E-state index < -0.39 is 4.92 Å². The van der Waals surface area contributed by atoms with Crippen LogP contribution in [-0.2, 0) is 20.1 Å². The van der Waals surface area contributed by atoms with E-state index in [4.69, 9.17) is 4.42 Å². The van der Waals surface area contributed by atoms with Gasteiger partial charge < -0.3 is 9.73 Å². The Morgan fingerprint density at radius 1 is 1.53 bits per heavy atom. The summed E-state index contributed by atoms with van der Waals surface area (Å²) >= 11 is 0. The van der Waals surface area contributed by atoms with Crippen LogP contribution in [0.4, 0.5) is 5.88 Å². The molecule has 0 saturated heterocycles. The van der Waals surface area contributed by atoms with E-state index >= 15 is 0 Å². The third-order valence-electron chi connectivity index (χ3n) is 2.21. The molecule has 17 heavy (non-hydrogen) atoms. The quantitative estimate of drug-likeness (QED) is 0.622. The number of hydrogen-bond acceptors (Lipinski definition) is 5. The van der Waals surface area contributed by atoms with Crippen LogP contribution in [0.25, 0.3) is 0 Å². The molecule has 0 unspecified atom stereocenters. The summed E-state index contributed by atoms with van der Waals surface area (Å²) in [5, 5.41) is 17.5. The van der Waals surface area contributed by atoms with E-state index in [-0.39, 0.29) is 5.88 Å². The lowest BCUT2D eigenvalue weighted by molar-refractivity contribution is -0.402. The highest BCUT2D eigenvalue weighted by molar-refractivity contribution is 5.17. The Morgan fingerprint density at radius 2 is 2.35 bits per heavy atom. The van der Waals surface area contributed by atoms with Crippen LogP contribution in [0.15, 0.2) is 28.9 Å². The molecule has 0 saturated carbocycles. The van der Waals surface area contributed by atoms with Crippen molar-refractivity contribution in [2.75, 3.05) is 0 Å². The van der Waals surface area contributed by atoms with Crippen LogP contribution in [-0.4, -0.2) is 14.7 Å². The summed E-state index contributed by atoms with van der Waals surface area (Å²) in [4.78, 5) is 9.84. The third-order valence-corrected chi connectivity index (χ3v) is 2.21. The minimum absolute atomic E-state index is 0.233. The van der Waals surface area contributed by atoms with Gasteiger partial charge >= 0.3 is 5.88 Å². The fourth-order valence-corrected chi connectivity index (χ4v) is 1.45. The molecule has 2 aromatic rings. The molecular weight excluding hydrogens is 224 g/mol. The van der Waals surface area contributed by atoms with Crippen LogP contribution in [0.1, 0.15) is 11.3 Å². The average molecular weight is 236 g/mol. The Hall–Kier alpha value is -2.15. The molecule has 1 N–H and O–H groups in total. The lowest BCUT2D eigenvalue weighted by Gasteiger charge is -1.98. The van der Waals surface area contributed by atoms with E-state index in [2.05, 4.69) is 10.4 Å². The second-order valence-electron chi connectivity index (χ2n) is 3.62. The molecule has 90 valence electrons. The number of rotatable bonds is 5. The summed E-state index contributed by atoms with van der Waals surface area (Å²) in [6.45, 7) is 1.09. The van der Waals surface area contributed by atoms with Crippen LogP contribution < -0.4 is 5.32 Å². The third kappa shape index (κ3) is 2.91.